The van der Waals surface area contributed by atoms with Gasteiger partial charge in [-0.15, -0.1) is 0 Å². The van der Waals surface area contributed by atoms with E-state index in [2.05, 4.69) is 11.9 Å². The summed E-state index contributed by atoms with van der Waals surface area (Å²) in [6.45, 7) is 5.18. The molecule has 5 heteroatoms. The standard InChI is InChI=1S/C13H21N3O2/c1-4-10(2)16(7-8-18-3)13(17)11-5-6-15-12(14)9-11/h5-6,9-10H,4,7-8H2,1-3H3,(H2,14,15). The zero-order valence-corrected chi connectivity index (χ0v) is 11.2. The number of ether oxygens (including phenoxy) is 1. The lowest BCUT2D eigenvalue weighted by molar-refractivity contribution is 0.0614. The van der Waals surface area contributed by atoms with Crippen LogP contribution in [0.2, 0.25) is 0 Å². The molecule has 0 radical (unpaired) electrons. The third-order valence-corrected chi connectivity index (χ3v) is 2.95. The van der Waals surface area contributed by atoms with Crippen molar-refractivity contribution in [3.8, 4) is 0 Å². The Morgan fingerprint density at radius 3 is 2.89 bits per heavy atom. The van der Waals surface area contributed by atoms with Gasteiger partial charge in [0.15, 0.2) is 0 Å². The number of carbonyl (C=O) groups is 1. The van der Waals surface area contributed by atoms with Crippen LogP contribution in [-0.4, -0.2) is 42.1 Å². The van der Waals surface area contributed by atoms with Gasteiger partial charge in [0.1, 0.15) is 5.82 Å². The van der Waals surface area contributed by atoms with E-state index in [0.717, 1.165) is 6.42 Å². The summed E-state index contributed by atoms with van der Waals surface area (Å²) in [7, 11) is 1.63. The highest BCUT2D eigenvalue weighted by Crippen LogP contribution is 2.12. The highest BCUT2D eigenvalue weighted by Gasteiger charge is 2.20. The molecule has 18 heavy (non-hydrogen) atoms. The van der Waals surface area contributed by atoms with E-state index in [0.29, 0.717) is 24.5 Å². The van der Waals surface area contributed by atoms with Crippen molar-refractivity contribution in [2.24, 2.45) is 0 Å². The minimum absolute atomic E-state index is 0.0319. The van der Waals surface area contributed by atoms with E-state index in [1.165, 1.54) is 0 Å². The van der Waals surface area contributed by atoms with Crippen LogP contribution in [0.4, 0.5) is 5.82 Å². The van der Waals surface area contributed by atoms with Gasteiger partial charge >= 0.3 is 0 Å². The van der Waals surface area contributed by atoms with Gasteiger partial charge in [-0.1, -0.05) is 6.92 Å². The van der Waals surface area contributed by atoms with Crippen LogP contribution in [0.25, 0.3) is 0 Å². The molecule has 1 unspecified atom stereocenters. The van der Waals surface area contributed by atoms with Gasteiger partial charge in [0.2, 0.25) is 0 Å². The molecule has 1 aromatic rings. The molecule has 100 valence electrons. The molecule has 0 saturated heterocycles. The monoisotopic (exact) mass is 251 g/mol. The smallest absolute Gasteiger partial charge is 0.254 e. The van der Waals surface area contributed by atoms with E-state index in [1.807, 2.05) is 6.92 Å². The van der Waals surface area contributed by atoms with Gasteiger partial charge in [0.05, 0.1) is 6.61 Å². The lowest BCUT2D eigenvalue weighted by Gasteiger charge is -2.28. The van der Waals surface area contributed by atoms with Crippen molar-refractivity contribution in [2.45, 2.75) is 26.3 Å². The van der Waals surface area contributed by atoms with Gasteiger partial charge < -0.3 is 15.4 Å². The van der Waals surface area contributed by atoms with Gasteiger partial charge in [-0.25, -0.2) is 4.98 Å². The van der Waals surface area contributed by atoms with Gasteiger partial charge in [0, 0.05) is 31.5 Å². The Bertz CT molecular complexity index is 396. The number of methoxy groups -OCH3 is 1. The van der Waals surface area contributed by atoms with E-state index in [9.17, 15) is 4.79 Å². The fourth-order valence-corrected chi connectivity index (χ4v) is 1.68. The van der Waals surface area contributed by atoms with Crippen LogP contribution in [0.1, 0.15) is 30.6 Å². The van der Waals surface area contributed by atoms with E-state index in [1.54, 1.807) is 30.3 Å². The molecule has 1 amide bonds. The number of hydrogen-bond acceptors (Lipinski definition) is 4. The van der Waals surface area contributed by atoms with Crippen molar-refractivity contribution < 1.29 is 9.53 Å². The number of nitrogen functional groups attached to an aromatic ring is 1. The molecule has 5 nitrogen and oxygen atoms in total. The molecule has 0 spiro atoms. The number of pyridine rings is 1. The highest BCUT2D eigenvalue weighted by molar-refractivity contribution is 5.94. The van der Waals surface area contributed by atoms with Crippen molar-refractivity contribution in [2.75, 3.05) is 26.0 Å². The van der Waals surface area contributed by atoms with Crippen LogP contribution in [-0.2, 0) is 4.74 Å². The predicted molar refractivity (Wildman–Crippen MR) is 71.3 cm³/mol. The average molecular weight is 251 g/mol. The Labute approximate surface area is 108 Å². The van der Waals surface area contributed by atoms with E-state index < -0.39 is 0 Å². The van der Waals surface area contributed by atoms with Gasteiger partial charge in [-0.2, -0.15) is 0 Å². The van der Waals surface area contributed by atoms with Crippen LogP contribution < -0.4 is 5.73 Å². The highest BCUT2D eigenvalue weighted by atomic mass is 16.5. The zero-order chi connectivity index (χ0) is 13.5. The van der Waals surface area contributed by atoms with E-state index >= 15 is 0 Å². The lowest BCUT2D eigenvalue weighted by Crippen LogP contribution is -2.40. The summed E-state index contributed by atoms with van der Waals surface area (Å²) >= 11 is 0. The van der Waals surface area contributed by atoms with Crippen molar-refractivity contribution in [1.29, 1.82) is 0 Å². The summed E-state index contributed by atoms with van der Waals surface area (Å²) in [5, 5.41) is 0. The molecule has 0 aliphatic carbocycles. The number of nitrogens with zero attached hydrogens (tertiary/aromatic N) is 2. The number of carbonyl (C=O) groups excluding carboxylic acids is 1. The minimum atomic E-state index is -0.0319. The first-order valence-electron chi connectivity index (χ1n) is 6.11. The van der Waals surface area contributed by atoms with Crippen LogP contribution in [0, 0.1) is 0 Å². The van der Waals surface area contributed by atoms with Gasteiger partial charge in [-0.3, -0.25) is 4.79 Å². The zero-order valence-electron chi connectivity index (χ0n) is 11.2. The Balaban J connectivity index is 2.87. The summed E-state index contributed by atoms with van der Waals surface area (Å²) in [5.74, 6) is 0.326. The SMILES string of the molecule is CCC(C)N(CCOC)C(=O)c1ccnc(N)c1. The maximum Gasteiger partial charge on any atom is 0.254 e. The topological polar surface area (TPSA) is 68.5 Å². The Kier molecular flexibility index (Phi) is 5.58. The molecule has 1 aromatic heterocycles. The van der Waals surface area contributed by atoms with Crippen molar-refractivity contribution in [3.05, 3.63) is 23.9 Å². The molecule has 0 fully saturated rings. The Morgan fingerprint density at radius 2 is 2.33 bits per heavy atom. The molecule has 0 aliphatic rings. The average Bonchev–Trinajstić information content (AvgIpc) is 2.38. The van der Waals surface area contributed by atoms with Crippen LogP contribution in [0.5, 0.6) is 0 Å². The third-order valence-electron chi connectivity index (χ3n) is 2.95. The number of hydrogen-bond donors (Lipinski definition) is 1. The molecular formula is C13H21N3O2. The Hall–Kier alpha value is -1.62. The third kappa shape index (κ3) is 3.70. The quantitative estimate of drug-likeness (QED) is 0.833. The number of nitrogens with two attached hydrogens (primary N) is 1. The second-order valence-corrected chi connectivity index (χ2v) is 4.22. The van der Waals surface area contributed by atoms with Crippen molar-refractivity contribution in [1.82, 2.24) is 9.88 Å². The first kappa shape index (κ1) is 14.4. The Morgan fingerprint density at radius 1 is 1.61 bits per heavy atom. The van der Waals surface area contributed by atoms with Crippen molar-refractivity contribution >= 4 is 11.7 Å². The number of aromatic nitrogens is 1. The maximum atomic E-state index is 12.4. The number of rotatable bonds is 6. The molecule has 0 saturated carbocycles. The molecule has 0 aliphatic heterocycles. The minimum Gasteiger partial charge on any atom is -0.384 e. The normalized spacial score (nSPS) is 12.2. The van der Waals surface area contributed by atoms with Gasteiger partial charge in [-0.05, 0) is 25.5 Å². The largest absolute Gasteiger partial charge is 0.384 e. The summed E-state index contributed by atoms with van der Waals surface area (Å²) in [6.07, 6.45) is 2.45. The van der Waals surface area contributed by atoms with Crippen LogP contribution in [0.3, 0.4) is 0 Å². The predicted octanol–water partition coefficient (Wildman–Crippen LogP) is 1.55. The van der Waals surface area contributed by atoms with Crippen LogP contribution >= 0.6 is 0 Å². The van der Waals surface area contributed by atoms with Crippen LogP contribution in [0.15, 0.2) is 18.3 Å². The van der Waals surface area contributed by atoms with Gasteiger partial charge in [0.25, 0.3) is 5.91 Å². The second kappa shape index (κ2) is 6.96. The molecule has 1 atom stereocenters. The first-order chi connectivity index (χ1) is 8.60. The molecular weight excluding hydrogens is 230 g/mol. The fourth-order valence-electron chi connectivity index (χ4n) is 1.68. The molecule has 1 rings (SSSR count). The molecule has 2 N–H and O–H groups in total. The summed E-state index contributed by atoms with van der Waals surface area (Å²) in [6, 6.07) is 3.45. The van der Waals surface area contributed by atoms with Crippen molar-refractivity contribution in [3.63, 3.8) is 0 Å². The van der Waals surface area contributed by atoms with E-state index in [4.69, 9.17) is 10.5 Å². The molecule has 0 bridgehead atoms. The first-order valence-corrected chi connectivity index (χ1v) is 6.11. The summed E-state index contributed by atoms with van der Waals surface area (Å²) < 4.78 is 5.05. The molecule has 1 heterocycles. The molecule has 0 aromatic carbocycles. The number of amides is 1. The fraction of sp³-hybridized carbons (Fsp3) is 0.538. The lowest BCUT2D eigenvalue weighted by atomic mass is 10.1. The van der Waals surface area contributed by atoms with E-state index in [-0.39, 0.29) is 11.9 Å². The summed E-state index contributed by atoms with van der Waals surface area (Å²) in [4.78, 5) is 18.1. The maximum absolute atomic E-state index is 12.4. The number of anilines is 1. The summed E-state index contributed by atoms with van der Waals surface area (Å²) in [5.41, 5.74) is 6.17. The second-order valence-electron chi connectivity index (χ2n) is 4.22.